The molecule has 0 atom stereocenters. The van der Waals surface area contributed by atoms with Crippen LogP contribution in [0, 0.1) is 5.82 Å². The molecule has 0 N–H and O–H groups in total. The first-order valence-electron chi connectivity index (χ1n) is 4.84. The molecule has 17 heavy (non-hydrogen) atoms. The van der Waals surface area contributed by atoms with Gasteiger partial charge in [0.05, 0.1) is 0 Å². The Labute approximate surface area is 120 Å². The molecule has 0 amide bonds. The minimum atomic E-state index is -0.232. The number of hydrogen-bond acceptors (Lipinski definition) is 2. The second-order valence-electron chi connectivity index (χ2n) is 3.31. The largest absolute Gasteiger partial charge is 0.249 e. The van der Waals surface area contributed by atoms with Gasteiger partial charge in [-0.05, 0) is 45.8 Å². The first-order valence-corrected chi connectivity index (χ1v) is 7.41. The van der Waals surface area contributed by atoms with E-state index in [1.807, 2.05) is 12.1 Å². The Morgan fingerprint density at radius 1 is 1.18 bits per heavy atom. The fraction of sp³-hybridized carbons (Fsp3) is 0.0833. The summed E-state index contributed by atoms with van der Waals surface area (Å²) in [5.74, 6) is 0.515. The van der Waals surface area contributed by atoms with Crippen LogP contribution in [0.3, 0.4) is 0 Å². The lowest BCUT2D eigenvalue weighted by atomic mass is 10.2. The summed E-state index contributed by atoms with van der Waals surface area (Å²) in [5.41, 5.74) is 1.05. The SMILES string of the molecule is Fc1ccc(CSc2ncccc2Br)c(Br)c1. The van der Waals surface area contributed by atoms with Crippen LogP contribution in [0.4, 0.5) is 4.39 Å². The van der Waals surface area contributed by atoms with E-state index in [1.165, 1.54) is 12.1 Å². The van der Waals surface area contributed by atoms with Crippen molar-refractivity contribution in [2.45, 2.75) is 10.8 Å². The predicted octanol–water partition coefficient (Wildman–Crippen LogP) is 5.04. The molecule has 0 saturated carbocycles. The molecule has 0 bridgehead atoms. The summed E-state index contributed by atoms with van der Waals surface area (Å²) in [6.07, 6.45) is 1.76. The average Bonchev–Trinajstić information content (AvgIpc) is 2.30. The third-order valence-electron chi connectivity index (χ3n) is 2.10. The van der Waals surface area contributed by atoms with Crippen LogP contribution < -0.4 is 0 Å². The summed E-state index contributed by atoms with van der Waals surface area (Å²) in [6.45, 7) is 0. The van der Waals surface area contributed by atoms with E-state index in [9.17, 15) is 4.39 Å². The third-order valence-corrected chi connectivity index (χ3v) is 4.80. The smallest absolute Gasteiger partial charge is 0.124 e. The molecule has 2 aromatic rings. The summed E-state index contributed by atoms with van der Waals surface area (Å²) in [6, 6.07) is 8.55. The monoisotopic (exact) mass is 375 g/mol. The van der Waals surface area contributed by atoms with Gasteiger partial charge in [0, 0.05) is 20.9 Å². The summed E-state index contributed by atoms with van der Waals surface area (Å²) in [7, 11) is 0. The molecule has 1 heterocycles. The van der Waals surface area contributed by atoms with Crippen LogP contribution in [0.1, 0.15) is 5.56 Å². The molecular weight excluding hydrogens is 369 g/mol. The third kappa shape index (κ3) is 3.53. The highest BCUT2D eigenvalue weighted by Gasteiger charge is 2.05. The summed E-state index contributed by atoms with van der Waals surface area (Å²) >= 11 is 8.41. The van der Waals surface area contributed by atoms with Crippen LogP contribution in [0.5, 0.6) is 0 Å². The molecule has 1 nitrogen and oxygen atoms in total. The van der Waals surface area contributed by atoms with Gasteiger partial charge in [-0.2, -0.15) is 0 Å². The van der Waals surface area contributed by atoms with Crippen molar-refractivity contribution in [3.05, 3.63) is 56.9 Å². The van der Waals surface area contributed by atoms with Crippen molar-refractivity contribution >= 4 is 43.6 Å². The Morgan fingerprint density at radius 2 is 2.00 bits per heavy atom. The lowest BCUT2D eigenvalue weighted by molar-refractivity contribution is 0.626. The molecule has 1 aromatic heterocycles. The molecule has 88 valence electrons. The number of rotatable bonds is 3. The Balaban J connectivity index is 2.10. The number of pyridine rings is 1. The highest BCUT2D eigenvalue weighted by Crippen LogP contribution is 2.30. The van der Waals surface area contributed by atoms with E-state index >= 15 is 0 Å². The predicted molar refractivity (Wildman–Crippen MR) is 75.6 cm³/mol. The topological polar surface area (TPSA) is 12.9 Å². The van der Waals surface area contributed by atoms with Crippen molar-refractivity contribution in [2.24, 2.45) is 0 Å². The molecule has 0 aliphatic carbocycles. The van der Waals surface area contributed by atoms with E-state index in [4.69, 9.17) is 0 Å². The summed E-state index contributed by atoms with van der Waals surface area (Å²) < 4.78 is 14.7. The highest BCUT2D eigenvalue weighted by molar-refractivity contribution is 9.10. The highest BCUT2D eigenvalue weighted by atomic mass is 79.9. The molecule has 5 heteroatoms. The van der Waals surface area contributed by atoms with Gasteiger partial charge in [0.1, 0.15) is 10.8 Å². The average molecular weight is 377 g/mol. The quantitative estimate of drug-likeness (QED) is 0.696. The molecule has 0 aliphatic rings. The van der Waals surface area contributed by atoms with Crippen LogP contribution in [0.25, 0.3) is 0 Å². The molecular formula is C12H8Br2FNS. The molecule has 1 aromatic carbocycles. The van der Waals surface area contributed by atoms with Crippen molar-refractivity contribution in [1.82, 2.24) is 4.98 Å². The Hall–Kier alpha value is -0.390. The van der Waals surface area contributed by atoms with E-state index in [-0.39, 0.29) is 5.82 Å². The standard InChI is InChI=1S/C12H8Br2FNS/c13-10-2-1-5-16-12(10)17-7-8-3-4-9(15)6-11(8)14/h1-6H,7H2. The van der Waals surface area contributed by atoms with Gasteiger partial charge < -0.3 is 0 Å². The molecule has 0 radical (unpaired) electrons. The first-order chi connectivity index (χ1) is 8.16. The van der Waals surface area contributed by atoms with Crippen LogP contribution in [-0.2, 0) is 5.75 Å². The Kier molecular flexibility index (Phi) is 4.59. The van der Waals surface area contributed by atoms with Crippen molar-refractivity contribution in [3.8, 4) is 0 Å². The number of halogens is 3. The minimum Gasteiger partial charge on any atom is -0.249 e. The maximum Gasteiger partial charge on any atom is 0.124 e. The van der Waals surface area contributed by atoms with Crippen molar-refractivity contribution < 1.29 is 4.39 Å². The maximum absolute atomic E-state index is 12.9. The van der Waals surface area contributed by atoms with E-state index in [0.29, 0.717) is 0 Å². The molecule has 0 saturated heterocycles. The minimum absolute atomic E-state index is 0.232. The van der Waals surface area contributed by atoms with E-state index in [0.717, 1.165) is 25.3 Å². The number of nitrogens with zero attached hydrogens (tertiary/aromatic N) is 1. The Morgan fingerprint density at radius 3 is 2.71 bits per heavy atom. The maximum atomic E-state index is 12.9. The molecule has 0 aliphatic heterocycles. The van der Waals surface area contributed by atoms with Gasteiger partial charge >= 0.3 is 0 Å². The lowest BCUT2D eigenvalue weighted by Crippen LogP contribution is -1.87. The molecule has 2 rings (SSSR count). The van der Waals surface area contributed by atoms with Crippen molar-refractivity contribution in [1.29, 1.82) is 0 Å². The zero-order valence-corrected chi connectivity index (χ0v) is 12.6. The van der Waals surface area contributed by atoms with Gasteiger partial charge in [-0.3, -0.25) is 0 Å². The number of thioether (sulfide) groups is 1. The van der Waals surface area contributed by atoms with Gasteiger partial charge in [-0.15, -0.1) is 11.8 Å². The second-order valence-corrected chi connectivity index (χ2v) is 5.99. The van der Waals surface area contributed by atoms with Crippen molar-refractivity contribution in [2.75, 3.05) is 0 Å². The zero-order chi connectivity index (χ0) is 12.3. The number of benzene rings is 1. The normalized spacial score (nSPS) is 10.5. The van der Waals surface area contributed by atoms with Crippen LogP contribution in [0.2, 0.25) is 0 Å². The van der Waals surface area contributed by atoms with Gasteiger partial charge in [-0.1, -0.05) is 22.0 Å². The second kappa shape index (κ2) is 5.98. The van der Waals surface area contributed by atoms with Crippen LogP contribution in [-0.4, -0.2) is 4.98 Å². The number of aromatic nitrogens is 1. The van der Waals surface area contributed by atoms with E-state index in [1.54, 1.807) is 24.0 Å². The first kappa shape index (κ1) is 13.1. The lowest BCUT2D eigenvalue weighted by Gasteiger charge is -2.05. The summed E-state index contributed by atoms with van der Waals surface area (Å²) in [4.78, 5) is 4.27. The fourth-order valence-corrected chi connectivity index (χ4v) is 3.42. The van der Waals surface area contributed by atoms with Crippen LogP contribution in [0.15, 0.2) is 50.5 Å². The van der Waals surface area contributed by atoms with Crippen molar-refractivity contribution in [3.63, 3.8) is 0 Å². The molecule has 0 fully saturated rings. The Bertz CT molecular complexity index is 534. The van der Waals surface area contributed by atoms with Gasteiger partial charge in [0.2, 0.25) is 0 Å². The van der Waals surface area contributed by atoms with Gasteiger partial charge in [0.25, 0.3) is 0 Å². The number of hydrogen-bond donors (Lipinski definition) is 0. The van der Waals surface area contributed by atoms with Crippen LogP contribution >= 0.6 is 43.6 Å². The van der Waals surface area contributed by atoms with Gasteiger partial charge in [-0.25, -0.2) is 9.37 Å². The fourth-order valence-electron chi connectivity index (χ4n) is 1.26. The van der Waals surface area contributed by atoms with E-state index in [2.05, 4.69) is 36.8 Å². The summed E-state index contributed by atoms with van der Waals surface area (Å²) in [5, 5.41) is 0.934. The molecule has 0 spiro atoms. The molecule has 0 unspecified atom stereocenters. The van der Waals surface area contributed by atoms with Gasteiger partial charge in [0.15, 0.2) is 0 Å². The van der Waals surface area contributed by atoms with E-state index < -0.39 is 0 Å². The zero-order valence-electron chi connectivity index (χ0n) is 8.66.